The van der Waals surface area contributed by atoms with Crippen molar-refractivity contribution in [3.8, 4) is 6.07 Å². The van der Waals surface area contributed by atoms with Gasteiger partial charge in [-0.1, -0.05) is 18.3 Å². The third-order valence-corrected chi connectivity index (χ3v) is 1.87. The second kappa shape index (κ2) is 9.26. The van der Waals surface area contributed by atoms with Crippen LogP contribution < -0.4 is 5.32 Å². The SMILES string of the molecule is C=C(C)C(=O)NCCCC#[N+]CCCC. The highest BCUT2D eigenvalue weighted by Crippen LogP contribution is 1.90. The number of carbonyl (C=O) groups is 1. The van der Waals surface area contributed by atoms with Gasteiger partial charge < -0.3 is 5.32 Å². The first kappa shape index (κ1) is 13.7. The predicted molar refractivity (Wildman–Crippen MR) is 64.1 cm³/mol. The summed E-state index contributed by atoms with van der Waals surface area (Å²) in [6, 6.07) is 2.97. The number of nitrogens with one attached hydrogen (secondary N) is 1. The Balaban J connectivity index is 3.34. The highest BCUT2D eigenvalue weighted by atomic mass is 16.1. The number of carbonyl (C=O) groups excluding carboxylic acids is 1. The lowest BCUT2D eigenvalue weighted by Crippen LogP contribution is -2.24. The van der Waals surface area contributed by atoms with Gasteiger partial charge in [0.05, 0.1) is 6.42 Å². The number of amides is 1. The van der Waals surface area contributed by atoms with Crippen LogP contribution in [0, 0.1) is 6.07 Å². The van der Waals surface area contributed by atoms with Crippen LogP contribution in [0.3, 0.4) is 0 Å². The van der Waals surface area contributed by atoms with Crippen molar-refractivity contribution in [1.82, 2.24) is 5.32 Å². The van der Waals surface area contributed by atoms with E-state index in [1.807, 2.05) is 0 Å². The van der Waals surface area contributed by atoms with Crippen LogP contribution in [0.15, 0.2) is 12.2 Å². The molecule has 1 amide bonds. The molecule has 84 valence electrons. The van der Waals surface area contributed by atoms with Gasteiger partial charge in [0.15, 0.2) is 0 Å². The molecule has 0 aromatic carbocycles. The van der Waals surface area contributed by atoms with Gasteiger partial charge >= 0.3 is 0 Å². The molecule has 0 unspecified atom stereocenters. The third-order valence-electron chi connectivity index (χ3n) is 1.87. The van der Waals surface area contributed by atoms with Gasteiger partial charge in [0.25, 0.3) is 12.6 Å². The van der Waals surface area contributed by atoms with E-state index in [-0.39, 0.29) is 5.91 Å². The fourth-order valence-electron chi connectivity index (χ4n) is 0.916. The van der Waals surface area contributed by atoms with Gasteiger partial charge in [-0.2, -0.15) is 0 Å². The summed E-state index contributed by atoms with van der Waals surface area (Å²) in [7, 11) is 0. The van der Waals surface area contributed by atoms with E-state index in [9.17, 15) is 4.79 Å². The van der Waals surface area contributed by atoms with Crippen molar-refractivity contribution in [3.05, 3.63) is 17.0 Å². The van der Waals surface area contributed by atoms with Gasteiger partial charge in [0.2, 0.25) is 5.91 Å². The molecule has 0 fully saturated rings. The van der Waals surface area contributed by atoms with E-state index in [0.29, 0.717) is 12.1 Å². The molecule has 0 saturated carbocycles. The minimum Gasteiger partial charge on any atom is -0.352 e. The van der Waals surface area contributed by atoms with E-state index < -0.39 is 0 Å². The van der Waals surface area contributed by atoms with E-state index >= 15 is 0 Å². The largest absolute Gasteiger partial charge is 0.352 e. The summed E-state index contributed by atoms with van der Waals surface area (Å²) in [6.07, 6.45) is 3.98. The molecule has 0 bridgehead atoms. The lowest BCUT2D eigenvalue weighted by Gasteiger charge is -2.00. The maximum Gasteiger partial charge on any atom is 0.272 e. The molecule has 0 saturated heterocycles. The molecule has 0 rings (SSSR count). The minimum absolute atomic E-state index is 0.0714. The Morgan fingerprint density at radius 3 is 2.80 bits per heavy atom. The van der Waals surface area contributed by atoms with Crippen LogP contribution in [0.2, 0.25) is 0 Å². The molecule has 0 spiro atoms. The number of hydrogen-bond donors (Lipinski definition) is 1. The topological polar surface area (TPSA) is 33.5 Å². The number of nitrogens with zero attached hydrogens (tertiary/aromatic N) is 1. The maximum atomic E-state index is 11.1. The zero-order valence-electron chi connectivity index (χ0n) is 9.81. The molecular formula is C12H21N2O+. The van der Waals surface area contributed by atoms with Gasteiger partial charge in [0, 0.05) is 18.5 Å². The fraction of sp³-hybridized carbons (Fsp3) is 0.667. The zero-order chi connectivity index (χ0) is 11.5. The molecule has 0 aliphatic carbocycles. The van der Waals surface area contributed by atoms with E-state index in [1.54, 1.807) is 6.92 Å². The van der Waals surface area contributed by atoms with Crippen LogP contribution in [0.1, 0.15) is 39.5 Å². The third kappa shape index (κ3) is 9.01. The van der Waals surface area contributed by atoms with E-state index in [2.05, 4.69) is 29.7 Å². The fourth-order valence-corrected chi connectivity index (χ4v) is 0.916. The Morgan fingerprint density at radius 2 is 2.20 bits per heavy atom. The quantitative estimate of drug-likeness (QED) is 0.529. The minimum atomic E-state index is -0.0714. The standard InChI is InChI=1S/C12H20N2O/c1-4-5-8-13-9-6-7-10-14-12(15)11(2)3/h2,4-8,10H2,1,3H3/p+1. The molecule has 0 heterocycles. The Morgan fingerprint density at radius 1 is 1.47 bits per heavy atom. The number of unbranched alkanes of at least 4 members (excludes halogenated alkanes) is 2. The molecule has 0 aromatic rings. The van der Waals surface area contributed by atoms with Crippen molar-refractivity contribution in [1.29, 1.82) is 0 Å². The van der Waals surface area contributed by atoms with E-state index in [1.165, 1.54) is 6.42 Å². The lowest BCUT2D eigenvalue weighted by molar-refractivity contribution is -0.117. The predicted octanol–water partition coefficient (Wildman–Crippen LogP) is 2.59. The molecule has 15 heavy (non-hydrogen) atoms. The summed E-state index contributed by atoms with van der Waals surface area (Å²) in [5, 5.41) is 2.76. The summed E-state index contributed by atoms with van der Waals surface area (Å²) in [5.41, 5.74) is 0.551. The van der Waals surface area contributed by atoms with Crippen molar-refractivity contribution in [2.75, 3.05) is 13.1 Å². The first-order valence-electron chi connectivity index (χ1n) is 5.51. The second-order valence-corrected chi connectivity index (χ2v) is 3.53. The van der Waals surface area contributed by atoms with Crippen LogP contribution in [0.4, 0.5) is 0 Å². The first-order chi connectivity index (χ1) is 7.18. The van der Waals surface area contributed by atoms with Crippen LogP contribution >= 0.6 is 0 Å². The average molecular weight is 209 g/mol. The van der Waals surface area contributed by atoms with Crippen molar-refractivity contribution >= 4 is 5.91 Å². The smallest absolute Gasteiger partial charge is 0.272 e. The summed E-state index contributed by atoms with van der Waals surface area (Å²) < 4.78 is 0. The molecule has 0 aliphatic rings. The summed E-state index contributed by atoms with van der Waals surface area (Å²) in [5.74, 6) is -0.0714. The van der Waals surface area contributed by atoms with Crippen molar-refractivity contribution < 1.29 is 4.79 Å². The molecule has 0 aromatic heterocycles. The maximum absolute atomic E-state index is 11.1. The van der Waals surface area contributed by atoms with Crippen molar-refractivity contribution in [2.24, 2.45) is 0 Å². The van der Waals surface area contributed by atoms with E-state index in [0.717, 1.165) is 25.8 Å². The van der Waals surface area contributed by atoms with Crippen LogP contribution in [0.25, 0.3) is 4.85 Å². The van der Waals surface area contributed by atoms with Crippen LogP contribution in [-0.2, 0) is 4.79 Å². The monoisotopic (exact) mass is 209 g/mol. The molecule has 1 N–H and O–H groups in total. The Hall–Kier alpha value is -1.30. The Kier molecular flexibility index (Phi) is 8.46. The van der Waals surface area contributed by atoms with Crippen LogP contribution in [0.5, 0.6) is 0 Å². The zero-order valence-corrected chi connectivity index (χ0v) is 9.81. The molecule has 3 heteroatoms. The lowest BCUT2D eigenvalue weighted by atomic mass is 10.3. The van der Waals surface area contributed by atoms with Gasteiger partial charge in [-0.25, -0.2) is 0 Å². The second-order valence-electron chi connectivity index (χ2n) is 3.53. The summed E-state index contributed by atoms with van der Waals surface area (Å²) in [6.45, 7) is 8.94. The van der Waals surface area contributed by atoms with Gasteiger partial charge in [-0.15, -0.1) is 0 Å². The summed E-state index contributed by atoms with van der Waals surface area (Å²) in [4.78, 5) is 15.2. The van der Waals surface area contributed by atoms with Gasteiger partial charge in [-0.3, -0.25) is 4.79 Å². The van der Waals surface area contributed by atoms with Crippen molar-refractivity contribution in [2.45, 2.75) is 39.5 Å². The highest BCUT2D eigenvalue weighted by molar-refractivity contribution is 5.91. The molecule has 3 nitrogen and oxygen atoms in total. The highest BCUT2D eigenvalue weighted by Gasteiger charge is 1.99. The summed E-state index contributed by atoms with van der Waals surface area (Å²) >= 11 is 0. The number of rotatable bonds is 6. The molecular weight excluding hydrogens is 188 g/mol. The van der Waals surface area contributed by atoms with Gasteiger partial charge in [0.1, 0.15) is 0 Å². The van der Waals surface area contributed by atoms with Crippen LogP contribution in [-0.4, -0.2) is 19.0 Å². The van der Waals surface area contributed by atoms with Crippen molar-refractivity contribution in [3.63, 3.8) is 0 Å². The Bertz CT molecular complexity index is 261. The van der Waals surface area contributed by atoms with E-state index in [4.69, 9.17) is 0 Å². The molecule has 0 radical (unpaired) electrons. The average Bonchev–Trinajstić information content (AvgIpc) is 2.21. The number of hydrogen-bond acceptors (Lipinski definition) is 1. The molecule has 0 atom stereocenters. The van der Waals surface area contributed by atoms with Gasteiger partial charge in [-0.05, 0) is 19.8 Å². The first-order valence-corrected chi connectivity index (χ1v) is 5.51. The normalized spacial score (nSPS) is 8.93. The Labute approximate surface area is 92.4 Å². The molecule has 0 aliphatic heterocycles.